The lowest BCUT2D eigenvalue weighted by Crippen LogP contribution is -2.26. The van der Waals surface area contributed by atoms with Gasteiger partial charge in [0.25, 0.3) is 0 Å². The molecule has 0 N–H and O–H groups in total. The number of oxime groups is 1. The number of hydrogen-bond acceptors (Lipinski definition) is 5. The lowest BCUT2D eigenvalue weighted by Gasteiger charge is -2.22. The third kappa shape index (κ3) is 5.02. The van der Waals surface area contributed by atoms with Gasteiger partial charge >= 0.3 is 0 Å². The first-order chi connectivity index (χ1) is 13.0. The molecule has 0 amide bonds. The monoisotopic (exact) mass is 433 g/mol. The Balaban J connectivity index is 1.60. The van der Waals surface area contributed by atoms with E-state index in [1.54, 1.807) is 20.4 Å². The van der Waals surface area contributed by atoms with Crippen LogP contribution in [0.4, 0.5) is 0 Å². The van der Waals surface area contributed by atoms with E-state index in [-0.39, 0.29) is 11.7 Å². The van der Waals surface area contributed by atoms with E-state index in [1.807, 2.05) is 30.3 Å². The van der Waals surface area contributed by atoms with E-state index in [9.17, 15) is 0 Å². The van der Waals surface area contributed by atoms with Crippen molar-refractivity contribution in [2.45, 2.75) is 31.5 Å². The van der Waals surface area contributed by atoms with Gasteiger partial charge in [0.2, 0.25) is 0 Å². The summed E-state index contributed by atoms with van der Waals surface area (Å²) in [7, 11) is 3.23. The Morgan fingerprint density at radius 2 is 1.81 bits per heavy atom. The van der Waals surface area contributed by atoms with Crippen LogP contribution in [-0.4, -0.2) is 38.7 Å². The zero-order chi connectivity index (χ0) is 19.3. The highest BCUT2D eigenvalue weighted by molar-refractivity contribution is 9.10. The molecule has 1 heterocycles. The standard InChI is InChI=1S/C21H24BrNO4/c1-21(11-15-7-9-16(22)10-8-15)12-17(14-26-21)27-23-13-18-19(24-2)5-4-6-20(18)25-3/h4-10,13,17H,11-12,14H2,1-3H3/b23-13+. The summed E-state index contributed by atoms with van der Waals surface area (Å²) >= 11 is 3.46. The van der Waals surface area contributed by atoms with Crippen molar-refractivity contribution in [2.24, 2.45) is 5.16 Å². The van der Waals surface area contributed by atoms with E-state index in [0.29, 0.717) is 18.1 Å². The third-order valence-corrected chi connectivity index (χ3v) is 5.15. The lowest BCUT2D eigenvalue weighted by molar-refractivity contribution is 0.00869. The predicted octanol–water partition coefficient (Wildman–Crippen LogP) is 4.61. The van der Waals surface area contributed by atoms with Crippen molar-refractivity contribution in [3.63, 3.8) is 0 Å². The lowest BCUT2D eigenvalue weighted by atomic mass is 9.93. The fourth-order valence-electron chi connectivity index (χ4n) is 3.29. The summed E-state index contributed by atoms with van der Waals surface area (Å²) in [6.45, 7) is 2.64. The second-order valence-corrected chi connectivity index (χ2v) is 7.72. The highest BCUT2D eigenvalue weighted by Crippen LogP contribution is 2.32. The fourth-order valence-corrected chi connectivity index (χ4v) is 3.56. The summed E-state index contributed by atoms with van der Waals surface area (Å²) < 4.78 is 17.8. The van der Waals surface area contributed by atoms with Crippen LogP contribution in [0.1, 0.15) is 24.5 Å². The van der Waals surface area contributed by atoms with Crippen LogP contribution in [-0.2, 0) is 16.0 Å². The van der Waals surface area contributed by atoms with Gasteiger partial charge in [-0.1, -0.05) is 39.3 Å². The summed E-state index contributed by atoms with van der Waals surface area (Å²) in [5.41, 5.74) is 1.73. The van der Waals surface area contributed by atoms with Gasteiger partial charge in [0.15, 0.2) is 6.10 Å². The third-order valence-electron chi connectivity index (χ3n) is 4.63. The molecular weight excluding hydrogens is 410 g/mol. The van der Waals surface area contributed by atoms with Gasteiger partial charge in [-0.15, -0.1) is 0 Å². The molecule has 1 fully saturated rings. The highest BCUT2D eigenvalue weighted by Gasteiger charge is 2.37. The second kappa shape index (κ2) is 8.76. The molecule has 2 unspecified atom stereocenters. The minimum absolute atomic E-state index is 0.0811. The summed E-state index contributed by atoms with van der Waals surface area (Å²) in [6, 6.07) is 13.9. The molecule has 0 spiro atoms. The topological polar surface area (TPSA) is 49.3 Å². The summed E-state index contributed by atoms with van der Waals surface area (Å²) in [4.78, 5) is 5.68. The number of hydrogen-bond donors (Lipinski definition) is 0. The van der Waals surface area contributed by atoms with E-state index in [1.165, 1.54) is 5.56 Å². The van der Waals surface area contributed by atoms with Crippen molar-refractivity contribution in [3.05, 3.63) is 58.1 Å². The molecule has 27 heavy (non-hydrogen) atoms. The van der Waals surface area contributed by atoms with Gasteiger partial charge in [-0.05, 0) is 36.8 Å². The molecule has 2 aromatic rings. The van der Waals surface area contributed by atoms with E-state index in [0.717, 1.165) is 22.9 Å². The second-order valence-electron chi connectivity index (χ2n) is 6.81. The van der Waals surface area contributed by atoms with E-state index in [4.69, 9.17) is 19.0 Å². The molecule has 0 bridgehead atoms. The van der Waals surface area contributed by atoms with Gasteiger partial charge in [0.1, 0.15) is 11.5 Å². The van der Waals surface area contributed by atoms with Gasteiger partial charge in [-0.2, -0.15) is 0 Å². The quantitative estimate of drug-likeness (QED) is 0.472. The van der Waals surface area contributed by atoms with E-state index < -0.39 is 0 Å². The van der Waals surface area contributed by atoms with Crippen molar-refractivity contribution in [1.29, 1.82) is 0 Å². The molecule has 0 radical (unpaired) electrons. The minimum atomic E-state index is -0.254. The van der Waals surface area contributed by atoms with Crippen LogP contribution in [0.15, 0.2) is 52.1 Å². The Hall–Kier alpha value is -2.05. The Morgan fingerprint density at radius 1 is 1.15 bits per heavy atom. The van der Waals surface area contributed by atoms with Crippen LogP contribution < -0.4 is 9.47 Å². The molecule has 144 valence electrons. The van der Waals surface area contributed by atoms with E-state index in [2.05, 4.69) is 40.1 Å². The largest absolute Gasteiger partial charge is 0.496 e. The average Bonchev–Trinajstić information content (AvgIpc) is 3.04. The number of nitrogens with zero attached hydrogens (tertiary/aromatic N) is 1. The fraction of sp³-hybridized carbons (Fsp3) is 0.381. The van der Waals surface area contributed by atoms with Crippen LogP contribution in [0.2, 0.25) is 0 Å². The summed E-state index contributed by atoms with van der Waals surface area (Å²) in [6.07, 6.45) is 3.16. The number of ether oxygens (including phenoxy) is 3. The average molecular weight is 434 g/mol. The Bertz CT molecular complexity index is 771. The Labute approximate surface area is 168 Å². The van der Waals surface area contributed by atoms with E-state index >= 15 is 0 Å². The predicted molar refractivity (Wildman–Crippen MR) is 109 cm³/mol. The minimum Gasteiger partial charge on any atom is -0.496 e. The zero-order valence-electron chi connectivity index (χ0n) is 15.8. The van der Waals surface area contributed by atoms with Crippen molar-refractivity contribution in [1.82, 2.24) is 0 Å². The Kier molecular flexibility index (Phi) is 6.39. The number of halogens is 1. The SMILES string of the molecule is COc1cccc(OC)c1/C=N/OC1COC(C)(Cc2ccc(Br)cc2)C1. The van der Waals surface area contributed by atoms with Crippen LogP contribution in [0.3, 0.4) is 0 Å². The summed E-state index contributed by atoms with van der Waals surface area (Å²) in [5, 5.41) is 4.15. The number of benzene rings is 2. The smallest absolute Gasteiger partial charge is 0.153 e. The Morgan fingerprint density at radius 3 is 2.44 bits per heavy atom. The maximum atomic E-state index is 6.02. The molecule has 6 heteroatoms. The molecule has 1 aliphatic rings. The first-order valence-electron chi connectivity index (χ1n) is 8.81. The molecule has 3 rings (SSSR count). The van der Waals surface area contributed by atoms with Crippen LogP contribution >= 0.6 is 15.9 Å². The maximum Gasteiger partial charge on any atom is 0.153 e. The molecular formula is C21H24BrNO4. The van der Waals surface area contributed by atoms with Gasteiger partial charge in [-0.25, -0.2) is 0 Å². The first kappa shape index (κ1) is 19.7. The molecule has 0 aliphatic carbocycles. The van der Waals surface area contributed by atoms with Crippen LogP contribution in [0.5, 0.6) is 11.5 Å². The normalized spacial score (nSPS) is 22.1. The van der Waals surface area contributed by atoms with Gasteiger partial charge in [0.05, 0.1) is 38.2 Å². The van der Waals surface area contributed by atoms with Crippen LogP contribution in [0.25, 0.3) is 0 Å². The summed E-state index contributed by atoms with van der Waals surface area (Å²) in [5.74, 6) is 1.37. The van der Waals surface area contributed by atoms with Gasteiger partial charge in [0, 0.05) is 17.3 Å². The molecule has 2 aromatic carbocycles. The highest BCUT2D eigenvalue weighted by atomic mass is 79.9. The van der Waals surface area contributed by atoms with Gasteiger partial charge < -0.3 is 19.0 Å². The van der Waals surface area contributed by atoms with Gasteiger partial charge in [-0.3, -0.25) is 0 Å². The molecule has 0 saturated carbocycles. The molecule has 2 atom stereocenters. The zero-order valence-corrected chi connectivity index (χ0v) is 17.4. The van der Waals surface area contributed by atoms with Crippen molar-refractivity contribution < 1.29 is 19.0 Å². The van der Waals surface area contributed by atoms with Crippen molar-refractivity contribution in [2.75, 3.05) is 20.8 Å². The number of methoxy groups -OCH3 is 2. The molecule has 1 saturated heterocycles. The molecule has 1 aliphatic heterocycles. The molecule has 5 nitrogen and oxygen atoms in total. The first-order valence-corrected chi connectivity index (χ1v) is 9.61. The molecule has 0 aromatic heterocycles. The maximum absolute atomic E-state index is 6.02. The van der Waals surface area contributed by atoms with Crippen molar-refractivity contribution >= 4 is 22.1 Å². The van der Waals surface area contributed by atoms with Crippen molar-refractivity contribution in [3.8, 4) is 11.5 Å². The van der Waals surface area contributed by atoms with Crippen LogP contribution in [0, 0.1) is 0 Å². The number of rotatable bonds is 7.